The zero-order chi connectivity index (χ0) is 9.26. The molecule has 13 heavy (non-hydrogen) atoms. The van der Waals surface area contributed by atoms with E-state index < -0.39 is 0 Å². The molecule has 0 bridgehead atoms. The minimum Gasteiger partial charge on any atom is -0.496 e. The fourth-order valence-electron chi connectivity index (χ4n) is 1.54. The molecule has 0 saturated heterocycles. The number of aromatic nitrogens is 1. The SMILES string of the molecule is CCc1cnc(C2CC2)cc1OC. The van der Waals surface area contributed by atoms with Crippen LogP contribution in [0.5, 0.6) is 5.75 Å². The van der Waals surface area contributed by atoms with Crippen molar-refractivity contribution in [3.63, 3.8) is 0 Å². The Hall–Kier alpha value is -1.05. The van der Waals surface area contributed by atoms with Crippen LogP contribution in [-0.4, -0.2) is 12.1 Å². The normalized spacial score (nSPS) is 15.8. The summed E-state index contributed by atoms with van der Waals surface area (Å²) in [6.07, 6.45) is 5.52. The molecule has 0 atom stereocenters. The molecule has 1 aliphatic rings. The number of ether oxygens (including phenoxy) is 1. The zero-order valence-corrected chi connectivity index (χ0v) is 8.21. The van der Waals surface area contributed by atoms with Gasteiger partial charge in [0, 0.05) is 29.4 Å². The van der Waals surface area contributed by atoms with Crippen molar-refractivity contribution in [2.45, 2.75) is 32.1 Å². The van der Waals surface area contributed by atoms with E-state index in [2.05, 4.69) is 18.0 Å². The van der Waals surface area contributed by atoms with Crippen LogP contribution in [0.25, 0.3) is 0 Å². The first kappa shape index (κ1) is 8.54. The summed E-state index contributed by atoms with van der Waals surface area (Å²) < 4.78 is 5.31. The maximum Gasteiger partial charge on any atom is 0.125 e. The van der Waals surface area contributed by atoms with Crippen molar-refractivity contribution in [1.82, 2.24) is 4.98 Å². The molecule has 0 unspecified atom stereocenters. The molecule has 2 heteroatoms. The number of pyridine rings is 1. The molecule has 2 nitrogen and oxygen atoms in total. The van der Waals surface area contributed by atoms with E-state index in [4.69, 9.17) is 4.74 Å². The minimum atomic E-state index is 0.708. The molecule has 0 N–H and O–H groups in total. The first-order valence-corrected chi connectivity index (χ1v) is 4.88. The smallest absolute Gasteiger partial charge is 0.125 e. The summed E-state index contributed by atoms with van der Waals surface area (Å²) in [6, 6.07) is 2.09. The van der Waals surface area contributed by atoms with Gasteiger partial charge in [0.05, 0.1) is 7.11 Å². The van der Waals surface area contributed by atoms with E-state index in [9.17, 15) is 0 Å². The van der Waals surface area contributed by atoms with Crippen LogP contribution < -0.4 is 4.74 Å². The molecule has 0 radical (unpaired) electrons. The number of aryl methyl sites for hydroxylation is 1. The summed E-state index contributed by atoms with van der Waals surface area (Å²) >= 11 is 0. The predicted octanol–water partition coefficient (Wildman–Crippen LogP) is 2.53. The first-order chi connectivity index (χ1) is 6.35. The van der Waals surface area contributed by atoms with Gasteiger partial charge in [-0.25, -0.2) is 0 Å². The lowest BCUT2D eigenvalue weighted by molar-refractivity contribution is 0.408. The van der Waals surface area contributed by atoms with Crippen LogP contribution in [-0.2, 0) is 6.42 Å². The standard InChI is InChI=1S/C11H15NO/c1-3-8-7-12-10(9-4-5-9)6-11(8)13-2/h6-7,9H,3-5H2,1-2H3. The number of rotatable bonds is 3. The van der Waals surface area contributed by atoms with E-state index >= 15 is 0 Å². The summed E-state index contributed by atoms with van der Waals surface area (Å²) in [5.74, 6) is 1.71. The van der Waals surface area contributed by atoms with Crippen molar-refractivity contribution in [1.29, 1.82) is 0 Å². The maximum absolute atomic E-state index is 5.31. The van der Waals surface area contributed by atoms with Gasteiger partial charge in [-0.15, -0.1) is 0 Å². The monoisotopic (exact) mass is 177 g/mol. The van der Waals surface area contributed by atoms with E-state index in [1.165, 1.54) is 24.1 Å². The zero-order valence-electron chi connectivity index (χ0n) is 8.21. The Morgan fingerprint density at radius 1 is 1.54 bits per heavy atom. The maximum atomic E-state index is 5.31. The molecular formula is C11H15NO. The van der Waals surface area contributed by atoms with Crippen molar-refractivity contribution in [3.8, 4) is 5.75 Å². The van der Waals surface area contributed by atoms with Gasteiger partial charge >= 0.3 is 0 Å². The largest absolute Gasteiger partial charge is 0.496 e. The van der Waals surface area contributed by atoms with Gasteiger partial charge in [-0.2, -0.15) is 0 Å². The highest BCUT2D eigenvalue weighted by molar-refractivity contribution is 5.35. The van der Waals surface area contributed by atoms with E-state index in [-0.39, 0.29) is 0 Å². The first-order valence-electron chi connectivity index (χ1n) is 4.88. The highest BCUT2D eigenvalue weighted by Gasteiger charge is 2.25. The van der Waals surface area contributed by atoms with Crippen LogP contribution >= 0.6 is 0 Å². The Kier molecular flexibility index (Phi) is 2.21. The lowest BCUT2D eigenvalue weighted by atomic mass is 10.1. The van der Waals surface area contributed by atoms with Gasteiger partial charge in [-0.1, -0.05) is 6.92 Å². The predicted molar refractivity (Wildman–Crippen MR) is 52.1 cm³/mol. The van der Waals surface area contributed by atoms with E-state index in [0.717, 1.165) is 12.2 Å². The second kappa shape index (κ2) is 3.36. The Morgan fingerprint density at radius 3 is 2.85 bits per heavy atom. The summed E-state index contributed by atoms with van der Waals surface area (Å²) in [7, 11) is 1.73. The fourth-order valence-corrected chi connectivity index (χ4v) is 1.54. The molecule has 0 aromatic carbocycles. The second-order valence-electron chi connectivity index (χ2n) is 3.55. The van der Waals surface area contributed by atoms with E-state index in [1.54, 1.807) is 7.11 Å². The van der Waals surface area contributed by atoms with Gasteiger partial charge in [0.1, 0.15) is 5.75 Å². The molecule has 70 valence electrons. The molecule has 1 fully saturated rings. The van der Waals surface area contributed by atoms with Gasteiger partial charge in [0.2, 0.25) is 0 Å². The molecule has 2 rings (SSSR count). The lowest BCUT2D eigenvalue weighted by Gasteiger charge is -2.07. The molecule has 0 spiro atoms. The average molecular weight is 177 g/mol. The van der Waals surface area contributed by atoms with Gasteiger partial charge in [-0.05, 0) is 19.3 Å². The Morgan fingerprint density at radius 2 is 2.31 bits per heavy atom. The number of hydrogen-bond donors (Lipinski definition) is 0. The Bertz CT molecular complexity index is 305. The topological polar surface area (TPSA) is 22.1 Å². The molecule has 1 aromatic heterocycles. The van der Waals surface area contributed by atoms with Crippen LogP contribution in [0.15, 0.2) is 12.3 Å². The summed E-state index contributed by atoms with van der Waals surface area (Å²) in [6.45, 7) is 2.12. The highest BCUT2D eigenvalue weighted by atomic mass is 16.5. The molecule has 0 aliphatic heterocycles. The second-order valence-corrected chi connectivity index (χ2v) is 3.55. The van der Waals surface area contributed by atoms with Crippen LogP contribution in [0.3, 0.4) is 0 Å². The Balaban J connectivity index is 2.31. The minimum absolute atomic E-state index is 0.708. The van der Waals surface area contributed by atoms with Gasteiger partial charge < -0.3 is 4.74 Å². The van der Waals surface area contributed by atoms with Crippen molar-refractivity contribution in [3.05, 3.63) is 23.5 Å². The van der Waals surface area contributed by atoms with Gasteiger partial charge in [-0.3, -0.25) is 4.98 Å². The third-order valence-corrected chi connectivity index (χ3v) is 2.56. The summed E-state index contributed by atoms with van der Waals surface area (Å²) in [4.78, 5) is 4.44. The van der Waals surface area contributed by atoms with Crippen LogP contribution in [0, 0.1) is 0 Å². The van der Waals surface area contributed by atoms with Gasteiger partial charge in [0.25, 0.3) is 0 Å². The quantitative estimate of drug-likeness (QED) is 0.707. The fraction of sp³-hybridized carbons (Fsp3) is 0.545. The average Bonchev–Trinajstić information content (AvgIpc) is 3.00. The highest BCUT2D eigenvalue weighted by Crippen LogP contribution is 2.40. The number of methoxy groups -OCH3 is 1. The third kappa shape index (κ3) is 1.67. The molecule has 1 saturated carbocycles. The van der Waals surface area contributed by atoms with Crippen LogP contribution in [0.2, 0.25) is 0 Å². The lowest BCUT2D eigenvalue weighted by Crippen LogP contribution is -1.95. The molecule has 1 heterocycles. The molecule has 1 aliphatic carbocycles. The van der Waals surface area contributed by atoms with E-state index in [1.807, 2.05) is 6.20 Å². The summed E-state index contributed by atoms with van der Waals surface area (Å²) in [5.41, 5.74) is 2.40. The molecule has 1 aromatic rings. The van der Waals surface area contributed by atoms with Crippen molar-refractivity contribution in [2.75, 3.05) is 7.11 Å². The number of nitrogens with zero attached hydrogens (tertiary/aromatic N) is 1. The number of hydrogen-bond acceptors (Lipinski definition) is 2. The van der Waals surface area contributed by atoms with Crippen LogP contribution in [0.4, 0.5) is 0 Å². The molecular weight excluding hydrogens is 162 g/mol. The van der Waals surface area contributed by atoms with Crippen molar-refractivity contribution >= 4 is 0 Å². The van der Waals surface area contributed by atoms with Crippen molar-refractivity contribution < 1.29 is 4.74 Å². The summed E-state index contributed by atoms with van der Waals surface area (Å²) in [5, 5.41) is 0. The van der Waals surface area contributed by atoms with Crippen molar-refractivity contribution in [2.24, 2.45) is 0 Å². The Labute approximate surface area is 78.9 Å². The van der Waals surface area contributed by atoms with Crippen LogP contribution in [0.1, 0.15) is 36.9 Å². The molecule has 0 amide bonds. The van der Waals surface area contributed by atoms with Gasteiger partial charge in [0.15, 0.2) is 0 Å². The third-order valence-electron chi connectivity index (χ3n) is 2.56. The van der Waals surface area contributed by atoms with E-state index in [0.29, 0.717) is 5.92 Å².